The first-order valence-electron chi connectivity index (χ1n) is 13.0. The number of nitrogens with one attached hydrogen (secondary N) is 1. The lowest BCUT2D eigenvalue weighted by atomic mass is 9.99. The Morgan fingerprint density at radius 1 is 0.925 bits per heavy atom. The molecular formula is C32H29ClN2O5. The molecular weight excluding hydrogens is 528 g/mol. The van der Waals surface area contributed by atoms with Crippen molar-refractivity contribution in [2.75, 3.05) is 31.2 Å². The quantitative estimate of drug-likeness (QED) is 0.260. The van der Waals surface area contributed by atoms with Crippen LogP contribution < -0.4 is 15.0 Å². The van der Waals surface area contributed by atoms with Crippen LogP contribution in [0.4, 0.5) is 5.69 Å². The summed E-state index contributed by atoms with van der Waals surface area (Å²) in [6.45, 7) is 2.38. The second kappa shape index (κ2) is 12.7. The van der Waals surface area contributed by atoms with Crippen molar-refractivity contribution >= 4 is 29.2 Å². The lowest BCUT2D eigenvalue weighted by Crippen LogP contribution is -2.43. The van der Waals surface area contributed by atoms with E-state index in [2.05, 4.69) is 5.32 Å². The van der Waals surface area contributed by atoms with E-state index in [1.807, 2.05) is 83.8 Å². The minimum atomic E-state index is -1.12. The van der Waals surface area contributed by atoms with Crippen LogP contribution in [-0.2, 0) is 16.0 Å². The molecule has 0 bridgehead atoms. The van der Waals surface area contributed by atoms with E-state index in [4.69, 9.17) is 21.1 Å². The average Bonchev–Trinajstić information content (AvgIpc) is 2.98. The van der Waals surface area contributed by atoms with Crippen LogP contribution >= 0.6 is 11.6 Å². The minimum absolute atomic E-state index is 0.122. The van der Waals surface area contributed by atoms with Crippen molar-refractivity contribution in [3.8, 4) is 22.6 Å². The van der Waals surface area contributed by atoms with E-state index in [9.17, 15) is 14.7 Å². The molecule has 8 heteroatoms. The van der Waals surface area contributed by atoms with Crippen molar-refractivity contribution in [3.05, 3.63) is 113 Å². The van der Waals surface area contributed by atoms with Crippen LogP contribution in [-0.4, -0.2) is 49.3 Å². The molecule has 1 heterocycles. The molecule has 1 aliphatic heterocycles. The largest absolute Gasteiger partial charge is 0.480 e. The van der Waals surface area contributed by atoms with Crippen LogP contribution in [0.25, 0.3) is 11.1 Å². The number of amides is 1. The molecule has 2 N–H and O–H groups in total. The van der Waals surface area contributed by atoms with Gasteiger partial charge >= 0.3 is 5.97 Å². The zero-order valence-corrected chi connectivity index (χ0v) is 22.5. The highest BCUT2D eigenvalue weighted by Crippen LogP contribution is 2.33. The summed E-state index contributed by atoms with van der Waals surface area (Å²) < 4.78 is 11.5. The van der Waals surface area contributed by atoms with Crippen LogP contribution in [0.3, 0.4) is 0 Å². The fourth-order valence-electron chi connectivity index (χ4n) is 4.67. The van der Waals surface area contributed by atoms with Gasteiger partial charge < -0.3 is 24.8 Å². The first-order chi connectivity index (χ1) is 19.5. The second-order valence-corrected chi connectivity index (χ2v) is 9.87. The Balaban J connectivity index is 1.31. The lowest BCUT2D eigenvalue weighted by Gasteiger charge is -2.30. The van der Waals surface area contributed by atoms with Gasteiger partial charge in [-0.15, -0.1) is 0 Å². The second-order valence-electron chi connectivity index (χ2n) is 9.44. The van der Waals surface area contributed by atoms with Gasteiger partial charge in [0.05, 0.1) is 18.8 Å². The summed E-state index contributed by atoms with van der Waals surface area (Å²) in [5, 5.41) is 13.0. The third kappa shape index (κ3) is 6.62. The number of morpholine rings is 1. The number of carbonyl (C=O) groups excluding carboxylic acids is 1. The van der Waals surface area contributed by atoms with Crippen molar-refractivity contribution < 1.29 is 24.2 Å². The van der Waals surface area contributed by atoms with Gasteiger partial charge in [0.25, 0.3) is 5.91 Å². The van der Waals surface area contributed by atoms with Crippen molar-refractivity contribution in [1.82, 2.24) is 5.32 Å². The highest BCUT2D eigenvalue weighted by molar-refractivity contribution is 6.31. The SMILES string of the molecule is O=C(NC(Cc1ccc(-c2ccccc2Oc2ccccc2)cc1)C(=O)O)c1cc(Cl)ccc1N1CCOCC1. The maximum atomic E-state index is 13.3. The first-order valence-corrected chi connectivity index (χ1v) is 13.4. The molecule has 40 heavy (non-hydrogen) atoms. The molecule has 0 aliphatic carbocycles. The van der Waals surface area contributed by atoms with E-state index < -0.39 is 17.9 Å². The van der Waals surface area contributed by atoms with Crippen LogP contribution in [0.2, 0.25) is 5.02 Å². The minimum Gasteiger partial charge on any atom is -0.480 e. The van der Waals surface area contributed by atoms with Crippen LogP contribution in [0.15, 0.2) is 97.1 Å². The summed E-state index contributed by atoms with van der Waals surface area (Å²) in [6, 6.07) is 28.9. The van der Waals surface area contributed by atoms with E-state index in [0.717, 1.165) is 28.2 Å². The Hall–Kier alpha value is -4.33. The number of carbonyl (C=O) groups is 2. The molecule has 0 radical (unpaired) electrons. The van der Waals surface area contributed by atoms with Crippen LogP contribution in [0, 0.1) is 0 Å². The third-order valence-corrected chi connectivity index (χ3v) is 6.96. The number of nitrogens with zero attached hydrogens (tertiary/aromatic N) is 1. The average molecular weight is 557 g/mol. The first kappa shape index (κ1) is 27.2. The predicted molar refractivity (Wildman–Crippen MR) is 155 cm³/mol. The summed E-state index contributed by atoms with van der Waals surface area (Å²) in [5.74, 6) is -0.146. The fraction of sp³-hybridized carbons (Fsp3) is 0.188. The highest BCUT2D eigenvalue weighted by atomic mass is 35.5. The van der Waals surface area contributed by atoms with Gasteiger partial charge in [-0.05, 0) is 47.5 Å². The fourth-order valence-corrected chi connectivity index (χ4v) is 4.84. The van der Waals surface area contributed by atoms with E-state index in [-0.39, 0.29) is 6.42 Å². The molecule has 7 nitrogen and oxygen atoms in total. The molecule has 204 valence electrons. The smallest absolute Gasteiger partial charge is 0.326 e. The molecule has 1 atom stereocenters. The Bertz CT molecular complexity index is 1470. The molecule has 5 rings (SSSR count). The topological polar surface area (TPSA) is 88.1 Å². The van der Waals surface area contributed by atoms with Crippen LogP contribution in [0.1, 0.15) is 15.9 Å². The number of hydrogen-bond donors (Lipinski definition) is 2. The Labute approximate surface area is 237 Å². The number of halogens is 1. The number of aliphatic carboxylic acids is 1. The summed E-state index contributed by atoms with van der Waals surface area (Å²) >= 11 is 6.20. The highest BCUT2D eigenvalue weighted by Gasteiger charge is 2.25. The van der Waals surface area contributed by atoms with Gasteiger partial charge in [0.15, 0.2) is 0 Å². The normalized spacial score (nSPS) is 13.9. The van der Waals surface area contributed by atoms with Crippen molar-refractivity contribution in [3.63, 3.8) is 0 Å². The molecule has 1 aliphatic rings. The molecule has 1 unspecified atom stereocenters. The van der Waals surface area contributed by atoms with E-state index in [0.29, 0.717) is 42.6 Å². The number of carboxylic acid groups (broad SMARTS) is 1. The Morgan fingerprint density at radius 3 is 2.35 bits per heavy atom. The number of ether oxygens (including phenoxy) is 2. The van der Waals surface area contributed by atoms with E-state index in [1.54, 1.807) is 18.2 Å². The van der Waals surface area contributed by atoms with Gasteiger partial charge in [-0.25, -0.2) is 4.79 Å². The molecule has 4 aromatic rings. The van der Waals surface area contributed by atoms with Crippen molar-refractivity contribution in [2.45, 2.75) is 12.5 Å². The molecule has 0 saturated carbocycles. The number of benzene rings is 4. The van der Waals surface area contributed by atoms with Crippen molar-refractivity contribution in [1.29, 1.82) is 0 Å². The lowest BCUT2D eigenvalue weighted by molar-refractivity contribution is -0.139. The number of hydrogen-bond acceptors (Lipinski definition) is 5. The summed E-state index contributed by atoms with van der Waals surface area (Å²) in [4.78, 5) is 27.5. The number of para-hydroxylation sites is 2. The molecule has 4 aromatic carbocycles. The maximum Gasteiger partial charge on any atom is 0.326 e. The molecule has 0 aromatic heterocycles. The molecule has 1 amide bonds. The summed E-state index contributed by atoms with van der Waals surface area (Å²) in [5.41, 5.74) is 3.66. The number of rotatable bonds is 9. The molecule has 1 fully saturated rings. The molecule has 1 saturated heterocycles. The van der Waals surface area contributed by atoms with E-state index in [1.165, 1.54) is 0 Å². The van der Waals surface area contributed by atoms with Crippen molar-refractivity contribution in [2.24, 2.45) is 0 Å². The molecule has 0 spiro atoms. The van der Waals surface area contributed by atoms with Gasteiger partial charge in [-0.3, -0.25) is 4.79 Å². The monoisotopic (exact) mass is 556 g/mol. The predicted octanol–water partition coefficient (Wildman–Crippen LogP) is 6.06. The van der Waals surface area contributed by atoms with Gasteiger partial charge in [-0.1, -0.05) is 72.3 Å². The Kier molecular flexibility index (Phi) is 8.64. The van der Waals surface area contributed by atoms with Gasteiger partial charge in [0, 0.05) is 35.8 Å². The van der Waals surface area contributed by atoms with Gasteiger partial charge in [-0.2, -0.15) is 0 Å². The standard InChI is InChI=1S/C32H29ClN2O5/c33-24-14-15-29(35-16-18-39-19-17-35)27(21-24)31(36)34-28(32(37)38)20-22-10-12-23(13-11-22)26-8-4-5-9-30(26)40-25-6-2-1-3-7-25/h1-15,21,28H,16-20H2,(H,34,36)(H,37,38). The zero-order chi connectivity index (χ0) is 27.9. The van der Waals surface area contributed by atoms with Gasteiger partial charge in [0.1, 0.15) is 17.5 Å². The summed E-state index contributed by atoms with van der Waals surface area (Å²) in [7, 11) is 0. The van der Waals surface area contributed by atoms with E-state index >= 15 is 0 Å². The number of anilines is 1. The zero-order valence-electron chi connectivity index (χ0n) is 21.8. The Morgan fingerprint density at radius 2 is 1.62 bits per heavy atom. The maximum absolute atomic E-state index is 13.3. The number of carboxylic acids is 1. The van der Waals surface area contributed by atoms with Crippen LogP contribution in [0.5, 0.6) is 11.5 Å². The van der Waals surface area contributed by atoms with Gasteiger partial charge in [0.2, 0.25) is 0 Å². The summed E-state index contributed by atoms with van der Waals surface area (Å²) in [6.07, 6.45) is 0.122. The third-order valence-electron chi connectivity index (χ3n) is 6.72.